The Morgan fingerprint density at radius 3 is 2.85 bits per heavy atom. The van der Waals surface area contributed by atoms with Crippen molar-refractivity contribution in [1.82, 2.24) is 15.1 Å². The number of para-hydroxylation sites is 1. The van der Waals surface area contributed by atoms with Crippen LogP contribution in [0, 0.1) is 0 Å². The molecule has 4 heteroatoms. The number of benzene rings is 1. The maximum atomic E-state index is 5.67. The molecule has 0 unspecified atom stereocenters. The van der Waals surface area contributed by atoms with Crippen LogP contribution in [0.5, 0.6) is 5.75 Å². The molecule has 1 saturated carbocycles. The quantitative estimate of drug-likeness (QED) is 0.750. The normalized spacial score (nSPS) is 14.4. The zero-order chi connectivity index (χ0) is 13.6. The molecular formula is C16H21N3O. The molecule has 20 heavy (non-hydrogen) atoms. The fraction of sp³-hybridized carbons (Fsp3) is 0.438. The Kier molecular flexibility index (Phi) is 4.33. The minimum Gasteiger partial charge on any atom is -0.494 e. The summed E-state index contributed by atoms with van der Waals surface area (Å²) < 4.78 is 7.67. The molecule has 0 bridgehead atoms. The summed E-state index contributed by atoms with van der Waals surface area (Å²) in [6.07, 6.45) is 5.65. The molecule has 1 aromatic heterocycles. The van der Waals surface area contributed by atoms with Crippen LogP contribution >= 0.6 is 0 Å². The third-order valence-corrected chi connectivity index (χ3v) is 3.39. The van der Waals surface area contributed by atoms with Gasteiger partial charge < -0.3 is 10.1 Å². The number of aryl methyl sites for hydroxylation is 1. The lowest BCUT2D eigenvalue weighted by atomic mass is 10.3. The topological polar surface area (TPSA) is 39.1 Å². The molecule has 106 valence electrons. The van der Waals surface area contributed by atoms with Gasteiger partial charge in [-0.1, -0.05) is 18.2 Å². The van der Waals surface area contributed by atoms with Crippen molar-refractivity contribution >= 4 is 0 Å². The van der Waals surface area contributed by atoms with Gasteiger partial charge in [0.15, 0.2) is 0 Å². The predicted octanol–water partition coefficient (Wildman–Crippen LogP) is 2.60. The molecule has 1 aromatic carbocycles. The monoisotopic (exact) mass is 271 g/mol. The van der Waals surface area contributed by atoms with Crippen molar-refractivity contribution in [3.05, 3.63) is 48.3 Å². The summed E-state index contributed by atoms with van der Waals surface area (Å²) in [6.45, 7) is 2.51. The van der Waals surface area contributed by atoms with Gasteiger partial charge in [0.2, 0.25) is 0 Å². The summed E-state index contributed by atoms with van der Waals surface area (Å²) in [6, 6.07) is 12.8. The highest BCUT2D eigenvalue weighted by Crippen LogP contribution is 2.18. The fourth-order valence-corrected chi connectivity index (χ4v) is 2.09. The second kappa shape index (κ2) is 6.57. The first-order chi connectivity index (χ1) is 9.90. The summed E-state index contributed by atoms with van der Waals surface area (Å²) in [7, 11) is 0. The molecule has 3 rings (SSSR count). The average molecular weight is 271 g/mol. The van der Waals surface area contributed by atoms with E-state index >= 15 is 0 Å². The van der Waals surface area contributed by atoms with E-state index in [4.69, 9.17) is 4.74 Å². The molecule has 0 amide bonds. The van der Waals surface area contributed by atoms with Crippen LogP contribution in [0.2, 0.25) is 0 Å². The van der Waals surface area contributed by atoms with E-state index in [0.29, 0.717) is 0 Å². The van der Waals surface area contributed by atoms with Gasteiger partial charge in [0.25, 0.3) is 0 Å². The summed E-state index contributed by atoms with van der Waals surface area (Å²) in [5.41, 5.74) is 1.13. The number of nitrogens with one attached hydrogen (secondary N) is 1. The Labute approximate surface area is 119 Å². The summed E-state index contributed by atoms with van der Waals surface area (Å²) in [5.74, 6) is 0.933. The molecule has 2 aromatic rings. The van der Waals surface area contributed by atoms with Gasteiger partial charge in [0.1, 0.15) is 5.75 Å². The number of hydrogen-bond donors (Lipinski definition) is 1. The Hall–Kier alpha value is -1.81. The minimum atomic E-state index is 0.722. The molecule has 0 atom stereocenters. The van der Waals surface area contributed by atoms with Crippen LogP contribution in [0.25, 0.3) is 0 Å². The molecule has 1 aliphatic rings. The van der Waals surface area contributed by atoms with Gasteiger partial charge in [-0.15, -0.1) is 0 Å². The Balaban J connectivity index is 1.35. The van der Waals surface area contributed by atoms with Crippen molar-refractivity contribution in [2.45, 2.75) is 38.4 Å². The molecule has 0 aliphatic heterocycles. The van der Waals surface area contributed by atoms with Crippen molar-refractivity contribution < 1.29 is 4.74 Å². The maximum absolute atomic E-state index is 5.67. The highest BCUT2D eigenvalue weighted by Gasteiger charge is 2.20. The Bertz CT molecular complexity index is 520. The van der Waals surface area contributed by atoms with E-state index in [9.17, 15) is 0 Å². The van der Waals surface area contributed by atoms with Gasteiger partial charge in [0, 0.05) is 31.7 Å². The van der Waals surface area contributed by atoms with Gasteiger partial charge in [-0.25, -0.2) is 0 Å². The smallest absolute Gasteiger partial charge is 0.119 e. The lowest BCUT2D eigenvalue weighted by Crippen LogP contribution is -2.16. The zero-order valence-corrected chi connectivity index (χ0v) is 11.7. The van der Waals surface area contributed by atoms with Crippen molar-refractivity contribution in [2.75, 3.05) is 6.61 Å². The van der Waals surface area contributed by atoms with E-state index in [2.05, 4.69) is 16.5 Å². The van der Waals surface area contributed by atoms with E-state index < -0.39 is 0 Å². The van der Waals surface area contributed by atoms with Crippen LogP contribution in [0.1, 0.15) is 25.0 Å². The zero-order valence-electron chi connectivity index (χ0n) is 11.7. The predicted molar refractivity (Wildman–Crippen MR) is 78.6 cm³/mol. The van der Waals surface area contributed by atoms with Gasteiger partial charge >= 0.3 is 0 Å². The number of aromatic nitrogens is 2. The molecule has 0 saturated heterocycles. The van der Waals surface area contributed by atoms with E-state index in [0.717, 1.165) is 43.6 Å². The molecule has 1 N–H and O–H groups in total. The van der Waals surface area contributed by atoms with Gasteiger partial charge in [-0.2, -0.15) is 5.10 Å². The van der Waals surface area contributed by atoms with Crippen LogP contribution < -0.4 is 10.1 Å². The van der Waals surface area contributed by atoms with Crippen LogP contribution in [-0.4, -0.2) is 22.4 Å². The van der Waals surface area contributed by atoms with Gasteiger partial charge in [-0.3, -0.25) is 4.68 Å². The van der Waals surface area contributed by atoms with Crippen molar-refractivity contribution in [1.29, 1.82) is 0 Å². The molecule has 1 aliphatic carbocycles. The van der Waals surface area contributed by atoms with E-state index in [1.807, 2.05) is 41.2 Å². The number of nitrogens with zero attached hydrogens (tertiary/aromatic N) is 2. The van der Waals surface area contributed by atoms with Gasteiger partial charge in [-0.05, 0) is 31.0 Å². The van der Waals surface area contributed by atoms with E-state index in [-0.39, 0.29) is 0 Å². The van der Waals surface area contributed by atoms with E-state index in [1.54, 1.807) is 0 Å². The van der Waals surface area contributed by atoms with Crippen LogP contribution in [0.3, 0.4) is 0 Å². The Morgan fingerprint density at radius 2 is 2.05 bits per heavy atom. The van der Waals surface area contributed by atoms with Crippen molar-refractivity contribution in [3.8, 4) is 5.75 Å². The van der Waals surface area contributed by atoms with Gasteiger partial charge in [0.05, 0.1) is 12.3 Å². The third-order valence-electron chi connectivity index (χ3n) is 3.39. The first-order valence-corrected chi connectivity index (χ1v) is 7.34. The van der Waals surface area contributed by atoms with Crippen LogP contribution in [0.15, 0.2) is 42.6 Å². The molecule has 0 spiro atoms. The first kappa shape index (κ1) is 13.2. The molecule has 4 nitrogen and oxygen atoms in total. The number of ether oxygens (including phenoxy) is 1. The molecule has 1 heterocycles. The summed E-state index contributed by atoms with van der Waals surface area (Å²) in [5, 5.41) is 8.03. The second-order valence-electron chi connectivity index (χ2n) is 5.24. The summed E-state index contributed by atoms with van der Waals surface area (Å²) >= 11 is 0. The average Bonchev–Trinajstić information content (AvgIpc) is 3.21. The fourth-order valence-electron chi connectivity index (χ4n) is 2.09. The maximum Gasteiger partial charge on any atom is 0.119 e. The lowest BCUT2D eigenvalue weighted by Gasteiger charge is -2.06. The lowest BCUT2D eigenvalue weighted by molar-refractivity contribution is 0.298. The third kappa shape index (κ3) is 4.10. The van der Waals surface area contributed by atoms with Crippen LogP contribution in [0.4, 0.5) is 0 Å². The van der Waals surface area contributed by atoms with Crippen molar-refractivity contribution in [3.63, 3.8) is 0 Å². The standard InChI is InChI=1S/C16H21N3O/c1-2-5-16(6-3-1)20-12-4-10-19-11-9-15(18-19)13-17-14-7-8-14/h1-3,5-6,9,11,14,17H,4,7-8,10,12-13H2. The highest BCUT2D eigenvalue weighted by atomic mass is 16.5. The molecular weight excluding hydrogens is 250 g/mol. The van der Waals surface area contributed by atoms with Crippen LogP contribution in [-0.2, 0) is 13.1 Å². The van der Waals surface area contributed by atoms with E-state index in [1.165, 1.54) is 12.8 Å². The second-order valence-corrected chi connectivity index (χ2v) is 5.24. The summed E-state index contributed by atoms with van der Waals surface area (Å²) in [4.78, 5) is 0. The number of rotatable bonds is 8. The SMILES string of the molecule is c1ccc(OCCCn2ccc(CNC3CC3)n2)cc1. The first-order valence-electron chi connectivity index (χ1n) is 7.34. The van der Waals surface area contributed by atoms with Crippen molar-refractivity contribution in [2.24, 2.45) is 0 Å². The Morgan fingerprint density at radius 1 is 1.20 bits per heavy atom. The molecule has 1 fully saturated rings. The largest absolute Gasteiger partial charge is 0.494 e. The molecule has 0 radical (unpaired) electrons. The number of hydrogen-bond acceptors (Lipinski definition) is 3. The minimum absolute atomic E-state index is 0.722. The highest BCUT2D eigenvalue weighted by molar-refractivity contribution is 5.20.